The van der Waals surface area contributed by atoms with Crippen molar-refractivity contribution >= 4 is 11.3 Å². The minimum absolute atomic E-state index is 0.363. The fourth-order valence-corrected chi connectivity index (χ4v) is 2.47. The summed E-state index contributed by atoms with van der Waals surface area (Å²) >= 11 is 1.79. The maximum atomic E-state index is 4.77. The topological polar surface area (TPSA) is 38.1 Å². The molecule has 1 unspecified atom stereocenters. The lowest BCUT2D eigenvalue weighted by Gasteiger charge is -2.11. The summed E-state index contributed by atoms with van der Waals surface area (Å²) < 4.78 is 4.77. The molecule has 0 fully saturated rings. The molecule has 15 heavy (non-hydrogen) atoms. The molecule has 4 heteroatoms. The lowest BCUT2D eigenvalue weighted by Crippen LogP contribution is -2.17. The van der Waals surface area contributed by atoms with Crippen LogP contribution in [-0.4, -0.2) is 5.16 Å². The highest BCUT2D eigenvalue weighted by Crippen LogP contribution is 2.23. The second-order valence-corrected chi connectivity index (χ2v) is 4.51. The Morgan fingerprint density at radius 1 is 1.53 bits per heavy atom. The van der Waals surface area contributed by atoms with Crippen molar-refractivity contribution < 1.29 is 4.52 Å². The first-order chi connectivity index (χ1) is 7.27. The average molecular weight is 222 g/mol. The van der Waals surface area contributed by atoms with Crippen molar-refractivity contribution in [2.45, 2.75) is 26.4 Å². The Labute approximate surface area is 93.1 Å². The highest BCUT2D eigenvalue weighted by molar-refractivity contribution is 7.10. The molecular weight excluding hydrogens is 208 g/mol. The molecule has 0 bridgehead atoms. The Balaban J connectivity index is 1.93. The Bertz CT molecular complexity index is 408. The number of hydrogen-bond donors (Lipinski definition) is 1. The zero-order valence-electron chi connectivity index (χ0n) is 8.86. The molecule has 1 N–H and O–H groups in total. The van der Waals surface area contributed by atoms with Gasteiger partial charge in [0.2, 0.25) is 0 Å². The third-order valence-electron chi connectivity index (χ3n) is 2.38. The smallest absolute Gasteiger partial charge is 0.124 e. The number of aryl methyl sites for hydroxylation is 1. The molecule has 0 radical (unpaired) electrons. The predicted molar refractivity (Wildman–Crippen MR) is 60.8 cm³/mol. The maximum absolute atomic E-state index is 4.77. The van der Waals surface area contributed by atoms with Gasteiger partial charge in [0.25, 0.3) is 0 Å². The van der Waals surface area contributed by atoms with Crippen LogP contribution in [0.25, 0.3) is 0 Å². The first-order valence-corrected chi connectivity index (χ1v) is 5.82. The fraction of sp³-hybridized carbons (Fsp3) is 0.364. The summed E-state index contributed by atoms with van der Waals surface area (Å²) in [4.78, 5) is 1.39. The van der Waals surface area contributed by atoms with E-state index in [9.17, 15) is 0 Å². The van der Waals surface area contributed by atoms with E-state index in [1.165, 1.54) is 10.4 Å². The van der Waals surface area contributed by atoms with Crippen LogP contribution in [0, 0.1) is 6.92 Å². The average Bonchev–Trinajstić information content (AvgIpc) is 2.84. The van der Waals surface area contributed by atoms with E-state index < -0.39 is 0 Å². The van der Waals surface area contributed by atoms with Gasteiger partial charge in [0, 0.05) is 23.5 Å². The molecule has 2 rings (SSSR count). The van der Waals surface area contributed by atoms with Gasteiger partial charge in [0.05, 0.1) is 5.69 Å². The lowest BCUT2D eigenvalue weighted by atomic mass is 10.2. The van der Waals surface area contributed by atoms with Gasteiger partial charge in [-0.25, -0.2) is 0 Å². The minimum atomic E-state index is 0.363. The first-order valence-electron chi connectivity index (χ1n) is 4.94. The Morgan fingerprint density at radius 3 is 3.00 bits per heavy atom. The van der Waals surface area contributed by atoms with E-state index >= 15 is 0 Å². The second-order valence-electron chi connectivity index (χ2n) is 3.56. The number of rotatable bonds is 4. The van der Waals surface area contributed by atoms with Gasteiger partial charge in [-0.15, -0.1) is 11.3 Å². The van der Waals surface area contributed by atoms with Crippen LogP contribution < -0.4 is 5.32 Å². The molecule has 2 aromatic rings. The van der Waals surface area contributed by atoms with Crippen LogP contribution in [0.5, 0.6) is 0 Å². The van der Waals surface area contributed by atoms with E-state index in [-0.39, 0.29) is 0 Å². The van der Waals surface area contributed by atoms with Crippen molar-refractivity contribution in [3.63, 3.8) is 0 Å². The monoisotopic (exact) mass is 222 g/mol. The molecule has 0 aliphatic rings. The van der Waals surface area contributed by atoms with Crippen LogP contribution in [0.15, 0.2) is 28.3 Å². The van der Waals surface area contributed by atoms with Crippen molar-refractivity contribution in [2.24, 2.45) is 0 Å². The molecule has 0 saturated carbocycles. The SMILES string of the molecule is Cc1ccsc1C(C)NCc1ccon1. The zero-order valence-corrected chi connectivity index (χ0v) is 9.67. The predicted octanol–water partition coefficient (Wildman–Crippen LogP) is 2.90. The Morgan fingerprint density at radius 2 is 2.40 bits per heavy atom. The van der Waals surface area contributed by atoms with Gasteiger partial charge in [-0.2, -0.15) is 0 Å². The van der Waals surface area contributed by atoms with E-state index in [0.717, 1.165) is 12.2 Å². The van der Waals surface area contributed by atoms with Crippen LogP contribution in [0.1, 0.15) is 29.1 Å². The maximum Gasteiger partial charge on any atom is 0.124 e. The van der Waals surface area contributed by atoms with Crippen LogP contribution in [-0.2, 0) is 6.54 Å². The van der Waals surface area contributed by atoms with Gasteiger partial charge in [-0.3, -0.25) is 0 Å². The quantitative estimate of drug-likeness (QED) is 0.864. The van der Waals surface area contributed by atoms with Crippen molar-refractivity contribution in [2.75, 3.05) is 0 Å². The van der Waals surface area contributed by atoms with Crippen molar-refractivity contribution in [1.29, 1.82) is 0 Å². The van der Waals surface area contributed by atoms with Gasteiger partial charge >= 0.3 is 0 Å². The summed E-state index contributed by atoms with van der Waals surface area (Å²) in [6.07, 6.45) is 1.60. The second kappa shape index (κ2) is 4.59. The normalized spacial score (nSPS) is 12.9. The summed E-state index contributed by atoms with van der Waals surface area (Å²) in [7, 11) is 0. The number of nitrogens with one attached hydrogen (secondary N) is 1. The highest BCUT2D eigenvalue weighted by Gasteiger charge is 2.09. The molecule has 0 amide bonds. The molecule has 2 aromatic heterocycles. The zero-order chi connectivity index (χ0) is 10.7. The summed E-state index contributed by atoms with van der Waals surface area (Å²) in [5.74, 6) is 0. The van der Waals surface area contributed by atoms with E-state index in [2.05, 4.69) is 35.8 Å². The third-order valence-corrected chi connectivity index (χ3v) is 3.58. The molecule has 2 heterocycles. The van der Waals surface area contributed by atoms with E-state index in [1.807, 2.05) is 6.07 Å². The summed E-state index contributed by atoms with van der Waals surface area (Å²) in [5, 5.41) is 9.40. The molecule has 0 aromatic carbocycles. The molecule has 0 aliphatic carbocycles. The standard InChI is InChI=1S/C11H14N2OS/c1-8-4-6-15-11(8)9(2)12-7-10-3-5-14-13-10/h3-6,9,12H,7H2,1-2H3. The van der Waals surface area contributed by atoms with Crippen LogP contribution in [0.3, 0.4) is 0 Å². The van der Waals surface area contributed by atoms with E-state index in [4.69, 9.17) is 4.52 Å². The molecule has 1 atom stereocenters. The largest absolute Gasteiger partial charge is 0.364 e. The van der Waals surface area contributed by atoms with Crippen LogP contribution in [0.4, 0.5) is 0 Å². The van der Waals surface area contributed by atoms with Gasteiger partial charge in [0.15, 0.2) is 0 Å². The molecule has 3 nitrogen and oxygen atoms in total. The van der Waals surface area contributed by atoms with Gasteiger partial charge in [-0.1, -0.05) is 5.16 Å². The molecule has 0 spiro atoms. The number of thiophene rings is 1. The Hall–Kier alpha value is -1.13. The number of hydrogen-bond acceptors (Lipinski definition) is 4. The Kier molecular flexibility index (Phi) is 3.18. The van der Waals surface area contributed by atoms with Crippen molar-refractivity contribution in [3.8, 4) is 0 Å². The highest BCUT2D eigenvalue weighted by atomic mass is 32.1. The summed E-state index contributed by atoms with van der Waals surface area (Å²) in [6.45, 7) is 5.05. The molecule has 80 valence electrons. The third kappa shape index (κ3) is 2.46. The van der Waals surface area contributed by atoms with Crippen molar-refractivity contribution in [3.05, 3.63) is 39.9 Å². The molecule has 0 aliphatic heterocycles. The molecule has 0 saturated heterocycles. The van der Waals surface area contributed by atoms with Gasteiger partial charge < -0.3 is 9.84 Å². The van der Waals surface area contributed by atoms with E-state index in [1.54, 1.807) is 17.6 Å². The van der Waals surface area contributed by atoms with Crippen LogP contribution >= 0.6 is 11.3 Å². The van der Waals surface area contributed by atoms with Crippen molar-refractivity contribution in [1.82, 2.24) is 10.5 Å². The van der Waals surface area contributed by atoms with E-state index in [0.29, 0.717) is 6.04 Å². The lowest BCUT2D eigenvalue weighted by molar-refractivity contribution is 0.406. The number of aromatic nitrogens is 1. The molecular formula is C11H14N2OS. The van der Waals surface area contributed by atoms with Gasteiger partial charge in [-0.05, 0) is 30.9 Å². The van der Waals surface area contributed by atoms with Gasteiger partial charge in [0.1, 0.15) is 6.26 Å². The minimum Gasteiger partial charge on any atom is -0.364 e. The number of nitrogens with zero attached hydrogens (tertiary/aromatic N) is 1. The fourth-order valence-electron chi connectivity index (χ4n) is 1.51. The summed E-state index contributed by atoms with van der Waals surface area (Å²) in [6, 6.07) is 4.39. The summed E-state index contributed by atoms with van der Waals surface area (Å²) in [5.41, 5.74) is 2.29. The first kappa shape index (κ1) is 10.4. The van der Waals surface area contributed by atoms with Crippen LogP contribution in [0.2, 0.25) is 0 Å².